The zero-order chi connectivity index (χ0) is 21.3. The van der Waals surface area contributed by atoms with E-state index in [0.717, 1.165) is 10.6 Å². The van der Waals surface area contributed by atoms with Crippen molar-refractivity contribution in [3.05, 3.63) is 64.0 Å². The Morgan fingerprint density at radius 2 is 1.73 bits per heavy atom. The summed E-state index contributed by atoms with van der Waals surface area (Å²) in [5.74, 6) is -1.01. The minimum atomic E-state index is -0.466. The number of benzene rings is 1. The number of hydrogen-bond acceptors (Lipinski definition) is 7. The molecule has 1 aromatic carbocycles. The fourth-order valence-electron chi connectivity index (χ4n) is 3.68. The first-order chi connectivity index (χ1) is 14.5. The number of piperazine rings is 1. The summed E-state index contributed by atoms with van der Waals surface area (Å²) in [5.41, 5.74) is 1.31. The lowest BCUT2D eigenvalue weighted by atomic mass is 10.2. The summed E-state index contributed by atoms with van der Waals surface area (Å²) in [6, 6.07) is 9.48. The molecule has 30 heavy (non-hydrogen) atoms. The molecule has 0 spiro atoms. The summed E-state index contributed by atoms with van der Waals surface area (Å²) in [4.78, 5) is 56.4. The van der Waals surface area contributed by atoms with E-state index in [4.69, 9.17) is 0 Å². The number of nitro benzene ring substituents is 1. The molecule has 0 atom stereocenters. The van der Waals surface area contributed by atoms with Crippen LogP contribution in [0.3, 0.4) is 0 Å². The highest BCUT2D eigenvalue weighted by Crippen LogP contribution is 2.22. The molecule has 0 N–H and O–H groups in total. The molecule has 2 aliphatic heterocycles. The molecule has 1 saturated heterocycles. The van der Waals surface area contributed by atoms with Gasteiger partial charge in [0.25, 0.3) is 17.5 Å². The number of pyridine rings is 1. The van der Waals surface area contributed by atoms with Crippen LogP contribution >= 0.6 is 0 Å². The Hall–Kier alpha value is -3.82. The van der Waals surface area contributed by atoms with E-state index in [1.807, 2.05) is 0 Å². The highest BCUT2D eigenvalue weighted by molar-refractivity contribution is 6.20. The first kappa shape index (κ1) is 19.5. The van der Waals surface area contributed by atoms with Gasteiger partial charge in [0.1, 0.15) is 5.69 Å². The molecule has 2 aliphatic rings. The Bertz CT molecular complexity index is 980. The van der Waals surface area contributed by atoms with Gasteiger partial charge < -0.3 is 9.80 Å². The third kappa shape index (κ3) is 3.59. The third-order valence-corrected chi connectivity index (χ3v) is 5.34. The van der Waals surface area contributed by atoms with Gasteiger partial charge >= 0.3 is 0 Å². The van der Waals surface area contributed by atoms with Crippen LogP contribution in [0.5, 0.6) is 0 Å². The van der Waals surface area contributed by atoms with Crippen molar-refractivity contribution in [2.24, 2.45) is 0 Å². The second-order valence-electron chi connectivity index (χ2n) is 7.05. The summed E-state index contributed by atoms with van der Waals surface area (Å²) in [6.45, 7) is 2.22. The lowest BCUT2D eigenvalue weighted by Crippen LogP contribution is -2.49. The molecule has 0 saturated carbocycles. The normalized spacial score (nSPS) is 16.1. The van der Waals surface area contributed by atoms with E-state index in [-0.39, 0.29) is 35.8 Å². The molecule has 3 heterocycles. The molecule has 2 aromatic rings. The first-order valence-electron chi connectivity index (χ1n) is 9.54. The van der Waals surface area contributed by atoms with Gasteiger partial charge in [-0.25, -0.2) is 0 Å². The Kier molecular flexibility index (Phi) is 5.13. The lowest BCUT2D eigenvalue weighted by molar-refractivity contribution is -0.384. The number of rotatable bonds is 5. The number of carbonyl (C=O) groups is 3. The maximum atomic E-state index is 12.6. The number of nitrogens with zero attached hydrogens (tertiary/aromatic N) is 5. The van der Waals surface area contributed by atoms with Crippen molar-refractivity contribution in [2.75, 3.05) is 37.6 Å². The molecule has 10 nitrogen and oxygen atoms in total. The number of nitro groups is 1. The fourth-order valence-corrected chi connectivity index (χ4v) is 3.68. The smallest absolute Gasteiger partial charge is 0.280 e. The maximum Gasteiger partial charge on any atom is 0.280 e. The van der Waals surface area contributed by atoms with Gasteiger partial charge in [0.05, 0.1) is 10.5 Å². The largest absolute Gasteiger partial charge is 0.368 e. The van der Waals surface area contributed by atoms with Crippen LogP contribution in [-0.4, -0.2) is 70.2 Å². The van der Waals surface area contributed by atoms with Gasteiger partial charge in [-0.2, -0.15) is 0 Å². The van der Waals surface area contributed by atoms with Crippen LogP contribution < -0.4 is 4.90 Å². The van der Waals surface area contributed by atoms with Gasteiger partial charge in [0, 0.05) is 63.2 Å². The molecule has 1 fully saturated rings. The highest BCUT2D eigenvalue weighted by atomic mass is 16.6. The summed E-state index contributed by atoms with van der Waals surface area (Å²) in [7, 11) is 0. The topological polar surface area (TPSA) is 117 Å². The van der Waals surface area contributed by atoms with Crippen LogP contribution in [0.4, 0.5) is 11.4 Å². The van der Waals surface area contributed by atoms with Crippen molar-refractivity contribution in [1.29, 1.82) is 0 Å². The highest BCUT2D eigenvalue weighted by Gasteiger charge is 2.36. The van der Waals surface area contributed by atoms with Crippen molar-refractivity contribution in [3.8, 4) is 0 Å². The van der Waals surface area contributed by atoms with Gasteiger partial charge in [-0.15, -0.1) is 0 Å². The Morgan fingerprint density at radius 1 is 1.03 bits per heavy atom. The number of anilines is 1. The maximum absolute atomic E-state index is 12.6. The van der Waals surface area contributed by atoms with Crippen molar-refractivity contribution < 1.29 is 19.3 Å². The molecule has 3 amide bonds. The van der Waals surface area contributed by atoms with Gasteiger partial charge in [-0.05, 0) is 24.3 Å². The molecule has 154 valence electrons. The van der Waals surface area contributed by atoms with Gasteiger partial charge in [-0.1, -0.05) is 0 Å². The summed E-state index contributed by atoms with van der Waals surface area (Å²) in [6.07, 6.45) is 1.52. The third-order valence-electron chi connectivity index (χ3n) is 5.34. The van der Waals surface area contributed by atoms with E-state index in [2.05, 4.69) is 9.88 Å². The van der Waals surface area contributed by atoms with Crippen LogP contribution in [0.15, 0.2) is 42.6 Å². The van der Waals surface area contributed by atoms with Gasteiger partial charge in [0.15, 0.2) is 0 Å². The van der Waals surface area contributed by atoms with E-state index in [9.17, 15) is 24.5 Å². The molecule has 0 aliphatic carbocycles. The SMILES string of the molecule is O=C(CCN1C(=O)c2cccnc2C1=O)N1CCN(c2ccc([N+](=O)[O-])cc2)CC1. The summed E-state index contributed by atoms with van der Waals surface area (Å²) in [5, 5.41) is 10.8. The predicted molar refractivity (Wildman–Crippen MR) is 106 cm³/mol. The molecule has 1 aromatic heterocycles. The molecule has 10 heteroatoms. The number of non-ortho nitro benzene ring substituents is 1. The van der Waals surface area contributed by atoms with Crippen LogP contribution in [0.1, 0.15) is 27.3 Å². The summed E-state index contributed by atoms with van der Waals surface area (Å²) < 4.78 is 0. The fraction of sp³-hybridized carbons (Fsp3) is 0.300. The van der Waals surface area contributed by atoms with Crippen molar-refractivity contribution in [2.45, 2.75) is 6.42 Å². The second-order valence-corrected chi connectivity index (χ2v) is 7.05. The monoisotopic (exact) mass is 409 g/mol. The van der Waals surface area contributed by atoms with Crippen molar-refractivity contribution in [3.63, 3.8) is 0 Å². The van der Waals surface area contributed by atoms with E-state index >= 15 is 0 Å². The van der Waals surface area contributed by atoms with Gasteiger partial charge in [0.2, 0.25) is 5.91 Å². The number of aromatic nitrogens is 1. The van der Waals surface area contributed by atoms with Crippen LogP contribution in [0, 0.1) is 10.1 Å². The zero-order valence-corrected chi connectivity index (χ0v) is 16.1. The average Bonchev–Trinajstić information content (AvgIpc) is 3.02. The van der Waals surface area contributed by atoms with E-state index < -0.39 is 16.7 Å². The quantitative estimate of drug-likeness (QED) is 0.415. The minimum Gasteiger partial charge on any atom is -0.368 e. The van der Waals surface area contributed by atoms with E-state index in [1.165, 1.54) is 18.3 Å². The molecular weight excluding hydrogens is 390 g/mol. The Labute approximate surface area is 171 Å². The Morgan fingerprint density at radius 3 is 2.37 bits per heavy atom. The molecule has 0 bridgehead atoms. The minimum absolute atomic E-state index is 0.0232. The van der Waals surface area contributed by atoms with Crippen LogP contribution in [-0.2, 0) is 4.79 Å². The molecular formula is C20H19N5O5. The van der Waals surface area contributed by atoms with E-state index in [0.29, 0.717) is 26.2 Å². The van der Waals surface area contributed by atoms with Gasteiger partial charge in [-0.3, -0.25) is 34.4 Å². The summed E-state index contributed by atoms with van der Waals surface area (Å²) >= 11 is 0. The number of carbonyl (C=O) groups excluding carboxylic acids is 3. The zero-order valence-electron chi connectivity index (χ0n) is 16.1. The van der Waals surface area contributed by atoms with Crippen LogP contribution in [0.25, 0.3) is 0 Å². The van der Waals surface area contributed by atoms with Crippen molar-refractivity contribution in [1.82, 2.24) is 14.8 Å². The first-order valence-corrected chi connectivity index (χ1v) is 9.54. The number of imide groups is 1. The van der Waals surface area contributed by atoms with E-state index in [1.54, 1.807) is 29.2 Å². The number of amides is 3. The standard InChI is InChI=1S/C20H19N5O5/c26-17(7-9-24-19(27)16-2-1-8-21-18(16)20(24)28)23-12-10-22(11-13-23)14-3-5-15(6-4-14)25(29)30/h1-6,8H,7,9-13H2. The second kappa shape index (κ2) is 7.90. The molecule has 4 rings (SSSR count). The molecule has 0 unspecified atom stereocenters. The number of hydrogen-bond donors (Lipinski definition) is 0. The van der Waals surface area contributed by atoms with Crippen LogP contribution in [0.2, 0.25) is 0 Å². The average molecular weight is 409 g/mol. The number of fused-ring (bicyclic) bond motifs is 1. The predicted octanol–water partition coefficient (Wildman–Crippen LogP) is 1.32. The Balaban J connectivity index is 1.29. The van der Waals surface area contributed by atoms with Crippen molar-refractivity contribution >= 4 is 29.1 Å². The lowest BCUT2D eigenvalue weighted by Gasteiger charge is -2.36. The molecule has 0 radical (unpaired) electrons.